The molecule has 5 nitrogen and oxygen atoms in total. The SMILES string of the molecule is COc1ccc2nc(N(CCN(C)C)C(=O)C=Cc3ccccc3Cl)sc2c1.Cl. The average Bonchev–Trinajstić information content (AvgIpc) is 3.09. The fourth-order valence-electron chi connectivity index (χ4n) is 2.60. The molecule has 2 aromatic carbocycles. The van der Waals surface area contributed by atoms with E-state index in [-0.39, 0.29) is 18.3 Å². The maximum Gasteiger partial charge on any atom is 0.252 e. The Labute approximate surface area is 186 Å². The van der Waals surface area contributed by atoms with Gasteiger partial charge in [0.25, 0.3) is 5.91 Å². The van der Waals surface area contributed by atoms with Crippen LogP contribution in [0.2, 0.25) is 5.02 Å². The summed E-state index contributed by atoms with van der Waals surface area (Å²) in [6.07, 6.45) is 3.28. The van der Waals surface area contributed by atoms with Crippen LogP contribution in [0.1, 0.15) is 5.56 Å². The lowest BCUT2D eigenvalue weighted by Gasteiger charge is -2.20. The molecule has 0 aliphatic rings. The lowest BCUT2D eigenvalue weighted by Crippen LogP contribution is -2.35. The molecule has 0 N–H and O–H groups in total. The summed E-state index contributed by atoms with van der Waals surface area (Å²) in [7, 11) is 5.59. The Kier molecular flexibility index (Phi) is 8.46. The van der Waals surface area contributed by atoms with Crippen molar-refractivity contribution in [1.82, 2.24) is 9.88 Å². The van der Waals surface area contributed by atoms with Crippen molar-refractivity contribution in [1.29, 1.82) is 0 Å². The number of methoxy groups -OCH3 is 1. The highest BCUT2D eigenvalue weighted by atomic mass is 35.5. The molecule has 1 amide bonds. The van der Waals surface area contributed by atoms with Crippen molar-refractivity contribution in [2.75, 3.05) is 39.2 Å². The number of ether oxygens (including phenoxy) is 1. The molecule has 0 unspecified atom stereocenters. The van der Waals surface area contributed by atoms with Crippen LogP contribution >= 0.6 is 35.3 Å². The second-order valence-corrected chi connectivity index (χ2v) is 7.89. The van der Waals surface area contributed by atoms with Crippen LogP contribution in [0.5, 0.6) is 5.75 Å². The van der Waals surface area contributed by atoms with Crippen LogP contribution in [0, 0.1) is 0 Å². The molecule has 0 aliphatic heterocycles. The molecule has 0 spiro atoms. The zero-order valence-corrected chi connectivity index (χ0v) is 18.9. The monoisotopic (exact) mass is 451 g/mol. The van der Waals surface area contributed by atoms with Gasteiger partial charge in [0, 0.05) is 24.2 Å². The Morgan fingerprint density at radius 3 is 2.66 bits per heavy atom. The van der Waals surface area contributed by atoms with E-state index in [2.05, 4.69) is 4.98 Å². The van der Waals surface area contributed by atoms with Crippen molar-refractivity contribution in [3.8, 4) is 5.75 Å². The first-order valence-corrected chi connectivity index (χ1v) is 10.0. The molecule has 1 heterocycles. The summed E-state index contributed by atoms with van der Waals surface area (Å²) >= 11 is 7.66. The number of likely N-dealkylation sites (N-methyl/N-ethyl adjacent to an activating group) is 1. The van der Waals surface area contributed by atoms with Crippen molar-refractivity contribution in [3.05, 3.63) is 59.1 Å². The standard InChI is InChI=1S/C21H22ClN3O2S.ClH/c1-24(2)12-13-25(20(26)11-8-15-6-4-5-7-17(15)22)21-23-18-10-9-16(27-3)14-19(18)28-21;/h4-11,14H,12-13H2,1-3H3;1H. The molecule has 0 fully saturated rings. The molecule has 8 heteroatoms. The van der Waals surface area contributed by atoms with Crippen molar-refractivity contribution in [3.63, 3.8) is 0 Å². The summed E-state index contributed by atoms with van der Waals surface area (Å²) in [5.74, 6) is 0.639. The van der Waals surface area contributed by atoms with Crippen LogP contribution in [0.3, 0.4) is 0 Å². The van der Waals surface area contributed by atoms with Gasteiger partial charge in [0.15, 0.2) is 5.13 Å². The highest BCUT2D eigenvalue weighted by Gasteiger charge is 2.18. The molecule has 154 valence electrons. The quantitative estimate of drug-likeness (QED) is 0.474. The van der Waals surface area contributed by atoms with E-state index in [1.165, 1.54) is 11.3 Å². The van der Waals surface area contributed by atoms with Gasteiger partial charge in [-0.15, -0.1) is 12.4 Å². The molecule has 29 heavy (non-hydrogen) atoms. The zero-order chi connectivity index (χ0) is 20.1. The van der Waals surface area contributed by atoms with Gasteiger partial charge in [-0.2, -0.15) is 0 Å². The van der Waals surface area contributed by atoms with E-state index in [1.54, 1.807) is 30.2 Å². The number of amides is 1. The second kappa shape index (κ2) is 10.6. The van der Waals surface area contributed by atoms with E-state index in [9.17, 15) is 4.79 Å². The van der Waals surface area contributed by atoms with E-state index >= 15 is 0 Å². The van der Waals surface area contributed by atoms with E-state index in [0.717, 1.165) is 28.1 Å². The Bertz CT molecular complexity index is 1000. The molecule has 0 bridgehead atoms. The second-order valence-electron chi connectivity index (χ2n) is 6.48. The van der Waals surface area contributed by atoms with Crippen LogP contribution < -0.4 is 9.64 Å². The normalized spacial score (nSPS) is 11.1. The van der Waals surface area contributed by atoms with Gasteiger partial charge in [-0.25, -0.2) is 4.98 Å². The van der Waals surface area contributed by atoms with Crippen LogP contribution in [-0.4, -0.2) is 50.1 Å². The van der Waals surface area contributed by atoms with Gasteiger partial charge in [-0.3, -0.25) is 9.69 Å². The van der Waals surface area contributed by atoms with Crippen molar-refractivity contribution in [2.24, 2.45) is 0 Å². The van der Waals surface area contributed by atoms with E-state index < -0.39 is 0 Å². The molecule has 1 aromatic heterocycles. The average molecular weight is 452 g/mol. The Balaban J connectivity index is 0.00000300. The van der Waals surface area contributed by atoms with Gasteiger partial charge >= 0.3 is 0 Å². The highest BCUT2D eigenvalue weighted by molar-refractivity contribution is 7.22. The number of thiazole rings is 1. The van der Waals surface area contributed by atoms with E-state index in [4.69, 9.17) is 16.3 Å². The maximum absolute atomic E-state index is 13.0. The molecule has 0 saturated heterocycles. The zero-order valence-electron chi connectivity index (χ0n) is 16.5. The molecule has 0 aliphatic carbocycles. The number of aromatic nitrogens is 1. The third-order valence-corrected chi connectivity index (χ3v) is 5.55. The minimum Gasteiger partial charge on any atom is -0.497 e. The molecule has 0 atom stereocenters. The summed E-state index contributed by atoms with van der Waals surface area (Å²) in [5, 5.41) is 1.28. The minimum absolute atomic E-state index is 0. The number of anilines is 1. The maximum atomic E-state index is 13.0. The number of hydrogen-bond donors (Lipinski definition) is 0. The van der Waals surface area contributed by atoms with Crippen LogP contribution in [0.15, 0.2) is 48.5 Å². The molecule has 0 saturated carbocycles. The molecular formula is C21H23Cl2N3O2S. The fraction of sp³-hybridized carbons (Fsp3) is 0.238. The summed E-state index contributed by atoms with van der Waals surface area (Å²) < 4.78 is 6.26. The molecule has 3 rings (SSSR count). The number of fused-ring (bicyclic) bond motifs is 1. The Morgan fingerprint density at radius 2 is 1.97 bits per heavy atom. The first kappa shape index (κ1) is 23.2. The first-order chi connectivity index (χ1) is 13.5. The van der Waals surface area contributed by atoms with Gasteiger partial charge in [0.1, 0.15) is 5.75 Å². The number of carbonyl (C=O) groups excluding carboxylic acids is 1. The first-order valence-electron chi connectivity index (χ1n) is 8.81. The predicted molar refractivity (Wildman–Crippen MR) is 125 cm³/mol. The number of carbonyl (C=O) groups is 1. The Hall–Kier alpha value is -2.12. The smallest absolute Gasteiger partial charge is 0.252 e. The lowest BCUT2D eigenvalue weighted by molar-refractivity contribution is -0.114. The molecule has 3 aromatic rings. The largest absolute Gasteiger partial charge is 0.497 e. The van der Waals surface area contributed by atoms with Crippen LogP contribution in [-0.2, 0) is 4.79 Å². The van der Waals surface area contributed by atoms with Gasteiger partial charge in [0.05, 0.1) is 17.3 Å². The van der Waals surface area contributed by atoms with Crippen LogP contribution in [0.25, 0.3) is 16.3 Å². The number of halogens is 2. The van der Waals surface area contributed by atoms with Crippen LogP contribution in [0.4, 0.5) is 5.13 Å². The Morgan fingerprint density at radius 1 is 1.21 bits per heavy atom. The van der Waals surface area contributed by atoms with Gasteiger partial charge in [0.2, 0.25) is 0 Å². The number of nitrogens with zero attached hydrogens (tertiary/aromatic N) is 3. The van der Waals surface area contributed by atoms with Gasteiger partial charge in [-0.1, -0.05) is 41.1 Å². The van der Waals surface area contributed by atoms with Crippen molar-refractivity contribution >= 4 is 62.7 Å². The number of rotatable bonds is 7. The minimum atomic E-state index is -0.132. The van der Waals surface area contributed by atoms with E-state index in [0.29, 0.717) is 16.7 Å². The third-order valence-electron chi connectivity index (χ3n) is 4.16. The number of benzene rings is 2. The summed E-state index contributed by atoms with van der Waals surface area (Å²) in [5.41, 5.74) is 1.65. The van der Waals surface area contributed by atoms with Gasteiger partial charge < -0.3 is 9.64 Å². The lowest BCUT2D eigenvalue weighted by atomic mass is 10.2. The van der Waals surface area contributed by atoms with Crippen molar-refractivity contribution in [2.45, 2.75) is 0 Å². The van der Waals surface area contributed by atoms with Crippen molar-refractivity contribution < 1.29 is 9.53 Å². The highest BCUT2D eigenvalue weighted by Crippen LogP contribution is 2.31. The molecule has 0 radical (unpaired) electrons. The molecular weight excluding hydrogens is 429 g/mol. The topological polar surface area (TPSA) is 45.7 Å². The predicted octanol–water partition coefficient (Wildman–Crippen LogP) is 4.99. The van der Waals surface area contributed by atoms with E-state index in [1.807, 2.05) is 55.4 Å². The third kappa shape index (κ3) is 5.93. The summed E-state index contributed by atoms with van der Waals surface area (Å²) in [4.78, 5) is 21.3. The fourth-order valence-corrected chi connectivity index (χ4v) is 3.82. The summed E-state index contributed by atoms with van der Waals surface area (Å²) in [6, 6.07) is 13.1. The summed E-state index contributed by atoms with van der Waals surface area (Å²) in [6.45, 7) is 1.26. The number of hydrogen-bond acceptors (Lipinski definition) is 5. The van der Waals surface area contributed by atoms with Gasteiger partial charge in [-0.05, 0) is 50.0 Å².